The second-order valence-corrected chi connectivity index (χ2v) is 8.06. The van der Waals surface area contributed by atoms with Crippen LogP contribution in [0, 0.1) is 10.1 Å². The molecule has 1 saturated heterocycles. The molecule has 0 aliphatic carbocycles. The zero-order valence-corrected chi connectivity index (χ0v) is 14.5. The third-order valence-electron chi connectivity index (χ3n) is 3.78. The molecule has 1 atom stereocenters. The van der Waals surface area contributed by atoms with Crippen LogP contribution < -0.4 is 4.74 Å². The Hall–Kier alpha value is -1.87. The topological polar surface area (TPSA) is 107 Å². The number of ether oxygens (including phenoxy) is 1. The van der Waals surface area contributed by atoms with Crippen LogP contribution in [0.3, 0.4) is 0 Å². The molecule has 0 spiro atoms. The van der Waals surface area contributed by atoms with Crippen molar-refractivity contribution in [2.75, 3.05) is 24.7 Å². The van der Waals surface area contributed by atoms with Crippen molar-refractivity contribution in [1.29, 1.82) is 0 Å². The molecule has 1 fully saturated rings. The van der Waals surface area contributed by atoms with Gasteiger partial charge in [0.15, 0.2) is 22.2 Å². The van der Waals surface area contributed by atoms with Gasteiger partial charge in [0, 0.05) is 23.7 Å². The highest BCUT2D eigenvalue weighted by molar-refractivity contribution is 7.91. The quantitative estimate of drug-likeness (QED) is 0.552. The van der Waals surface area contributed by atoms with Gasteiger partial charge in [-0.1, -0.05) is 11.6 Å². The first-order valence-electron chi connectivity index (χ1n) is 7.30. The summed E-state index contributed by atoms with van der Waals surface area (Å²) in [6.45, 7) is 1.67. The molecule has 1 aliphatic heterocycles. The fourth-order valence-electron chi connectivity index (χ4n) is 2.64. The molecule has 24 heavy (non-hydrogen) atoms. The lowest BCUT2D eigenvalue weighted by molar-refractivity contribution is -0.385. The average molecular weight is 377 g/mol. The summed E-state index contributed by atoms with van der Waals surface area (Å²) in [6, 6.07) is 3.51. The Bertz CT molecular complexity index is 752. The number of likely N-dealkylation sites (N-methyl/N-ethyl adjacent to an activating group) is 1. The molecule has 2 rings (SSSR count). The van der Waals surface area contributed by atoms with Crippen LogP contribution in [0.15, 0.2) is 18.2 Å². The summed E-state index contributed by atoms with van der Waals surface area (Å²) in [6.07, 6.45) is 0.392. The Morgan fingerprint density at radius 1 is 1.50 bits per heavy atom. The third kappa shape index (κ3) is 4.35. The van der Waals surface area contributed by atoms with Gasteiger partial charge in [-0.25, -0.2) is 8.42 Å². The molecule has 0 saturated carbocycles. The van der Waals surface area contributed by atoms with E-state index in [-0.39, 0.29) is 34.0 Å². The molecule has 0 unspecified atom stereocenters. The van der Waals surface area contributed by atoms with Crippen LogP contribution in [0.5, 0.6) is 5.75 Å². The van der Waals surface area contributed by atoms with Crippen molar-refractivity contribution in [2.24, 2.45) is 0 Å². The summed E-state index contributed by atoms with van der Waals surface area (Å²) in [5.41, 5.74) is -0.332. The van der Waals surface area contributed by atoms with Gasteiger partial charge in [-0.15, -0.1) is 0 Å². The summed E-state index contributed by atoms with van der Waals surface area (Å²) in [5, 5.41) is 11.2. The Morgan fingerprint density at radius 3 is 2.75 bits per heavy atom. The minimum Gasteiger partial charge on any atom is -0.477 e. The van der Waals surface area contributed by atoms with Crippen molar-refractivity contribution in [2.45, 2.75) is 19.4 Å². The van der Waals surface area contributed by atoms with E-state index in [1.807, 2.05) is 0 Å². The number of carbonyl (C=O) groups excluding carboxylic acids is 1. The molecule has 1 aliphatic rings. The van der Waals surface area contributed by atoms with Crippen LogP contribution in [0.4, 0.5) is 5.69 Å². The van der Waals surface area contributed by atoms with Crippen molar-refractivity contribution in [3.05, 3.63) is 33.3 Å². The number of nitro groups is 1. The van der Waals surface area contributed by atoms with Crippen molar-refractivity contribution >= 4 is 33.0 Å². The first-order valence-corrected chi connectivity index (χ1v) is 9.50. The lowest BCUT2D eigenvalue weighted by Crippen LogP contribution is -2.43. The minimum absolute atomic E-state index is 0.0605. The number of rotatable bonds is 6. The molecule has 0 N–H and O–H groups in total. The van der Waals surface area contributed by atoms with Crippen LogP contribution in [-0.2, 0) is 14.6 Å². The van der Waals surface area contributed by atoms with Crippen LogP contribution in [-0.4, -0.2) is 54.8 Å². The number of hydrogen-bond acceptors (Lipinski definition) is 6. The SMILES string of the molecule is CCN(C(=O)COc1ccc(Cl)cc1[N+](=O)[O-])[C@@H]1CCS(=O)(=O)C1. The van der Waals surface area contributed by atoms with Crippen LogP contribution in [0.2, 0.25) is 5.02 Å². The predicted octanol–water partition coefficient (Wildman–Crippen LogP) is 1.66. The molecule has 1 heterocycles. The highest BCUT2D eigenvalue weighted by Crippen LogP contribution is 2.30. The highest BCUT2D eigenvalue weighted by Gasteiger charge is 2.34. The number of sulfone groups is 1. The minimum atomic E-state index is -3.11. The van der Waals surface area contributed by atoms with Crippen molar-refractivity contribution in [3.8, 4) is 5.75 Å². The smallest absolute Gasteiger partial charge is 0.312 e. The normalized spacial score (nSPS) is 19.0. The lowest BCUT2D eigenvalue weighted by atomic mass is 10.2. The highest BCUT2D eigenvalue weighted by atomic mass is 35.5. The molecule has 0 radical (unpaired) electrons. The van der Waals surface area contributed by atoms with Crippen molar-refractivity contribution in [3.63, 3.8) is 0 Å². The molecule has 1 amide bonds. The van der Waals surface area contributed by atoms with Crippen LogP contribution >= 0.6 is 11.6 Å². The Morgan fingerprint density at radius 2 is 2.21 bits per heavy atom. The number of halogens is 1. The van der Waals surface area contributed by atoms with Gasteiger partial charge in [0.2, 0.25) is 0 Å². The maximum Gasteiger partial charge on any atom is 0.312 e. The van der Waals surface area contributed by atoms with E-state index in [1.165, 1.54) is 17.0 Å². The van der Waals surface area contributed by atoms with Gasteiger partial charge in [0.05, 0.1) is 16.4 Å². The van der Waals surface area contributed by atoms with E-state index in [0.29, 0.717) is 13.0 Å². The first kappa shape index (κ1) is 18.5. The molecular formula is C14H17ClN2O6S. The molecule has 8 nitrogen and oxygen atoms in total. The van der Waals surface area contributed by atoms with E-state index < -0.39 is 27.3 Å². The monoisotopic (exact) mass is 376 g/mol. The molecule has 1 aromatic carbocycles. The molecule has 10 heteroatoms. The number of carbonyl (C=O) groups is 1. The first-order chi connectivity index (χ1) is 11.2. The Balaban J connectivity index is 2.06. The maximum absolute atomic E-state index is 12.3. The fraction of sp³-hybridized carbons (Fsp3) is 0.500. The van der Waals surface area contributed by atoms with E-state index in [9.17, 15) is 23.3 Å². The number of hydrogen-bond donors (Lipinski definition) is 0. The zero-order chi connectivity index (χ0) is 17.9. The molecular weight excluding hydrogens is 360 g/mol. The van der Waals surface area contributed by atoms with Gasteiger partial charge < -0.3 is 9.64 Å². The van der Waals surface area contributed by atoms with Crippen molar-refractivity contribution in [1.82, 2.24) is 4.90 Å². The van der Waals surface area contributed by atoms with Crippen LogP contribution in [0.1, 0.15) is 13.3 Å². The number of nitro benzene ring substituents is 1. The lowest BCUT2D eigenvalue weighted by Gasteiger charge is -2.26. The summed E-state index contributed by atoms with van der Waals surface area (Å²) in [4.78, 5) is 24.1. The fourth-order valence-corrected chi connectivity index (χ4v) is 4.53. The summed E-state index contributed by atoms with van der Waals surface area (Å²) >= 11 is 5.72. The number of amides is 1. The standard InChI is InChI=1S/C14H17ClN2O6S/c1-2-16(11-5-6-24(21,22)9-11)14(18)8-23-13-4-3-10(15)7-12(13)17(19)20/h3-4,7,11H,2,5-6,8-9H2,1H3/t11-/m1/s1. The molecule has 0 bridgehead atoms. The maximum atomic E-state index is 12.3. The van der Waals surface area contributed by atoms with E-state index in [4.69, 9.17) is 16.3 Å². The van der Waals surface area contributed by atoms with Gasteiger partial charge in [-0.05, 0) is 25.5 Å². The van der Waals surface area contributed by atoms with E-state index in [0.717, 1.165) is 6.07 Å². The Labute approximate surface area is 144 Å². The predicted molar refractivity (Wildman–Crippen MR) is 88.0 cm³/mol. The Kier molecular flexibility index (Phi) is 5.66. The largest absolute Gasteiger partial charge is 0.477 e. The number of benzene rings is 1. The summed E-state index contributed by atoms with van der Waals surface area (Å²) in [7, 11) is -3.11. The second-order valence-electron chi connectivity index (χ2n) is 5.39. The average Bonchev–Trinajstić information content (AvgIpc) is 2.86. The van der Waals surface area contributed by atoms with E-state index in [1.54, 1.807) is 6.92 Å². The van der Waals surface area contributed by atoms with Crippen molar-refractivity contribution < 1.29 is 22.9 Å². The summed E-state index contributed by atoms with van der Waals surface area (Å²) < 4.78 is 28.4. The second kappa shape index (κ2) is 7.35. The number of nitrogens with zero attached hydrogens (tertiary/aromatic N) is 2. The third-order valence-corrected chi connectivity index (χ3v) is 5.76. The molecule has 0 aromatic heterocycles. The van der Waals surface area contributed by atoms with E-state index in [2.05, 4.69) is 0 Å². The summed E-state index contributed by atoms with van der Waals surface area (Å²) in [5.74, 6) is -0.477. The van der Waals surface area contributed by atoms with Gasteiger partial charge in [-0.3, -0.25) is 14.9 Å². The van der Waals surface area contributed by atoms with E-state index >= 15 is 0 Å². The van der Waals surface area contributed by atoms with Gasteiger partial charge in [-0.2, -0.15) is 0 Å². The van der Waals surface area contributed by atoms with Gasteiger partial charge in [0.25, 0.3) is 5.91 Å². The molecule has 132 valence electrons. The van der Waals surface area contributed by atoms with Gasteiger partial charge >= 0.3 is 5.69 Å². The van der Waals surface area contributed by atoms with Gasteiger partial charge in [0.1, 0.15) is 0 Å². The molecule has 1 aromatic rings. The van der Waals surface area contributed by atoms with Crippen LogP contribution in [0.25, 0.3) is 0 Å². The zero-order valence-electron chi connectivity index (χ0n) is 13.0.